The summed E-state index contributed by atoms with van der Waals surface area (Å²) < 4.78 is 0. The molecule has 0 aromatic rings. The molecular formula is C15H28N4O3. The molecule has 7 heteroatoms. The van der Waals surface area contributed by atoms with Crippen LogP contribution >= 0.6 is 0 Å². The number of rotatable bonds is 5. The fourth-order valence-electron chi connectivity index (χ4n) is 2.53. The normalized spacial score (nSPS) is 16.4. The molecule has 0 radical (unpaired) electrons. The molecule has 0 aromatic heterocycles. The second kappa shape index (κ2) is 8.12. The number of carbonyl (C=O) groups is 3. The predicted molar refractivity (Wildman–Crippen MR) is 84.1 cm³/mol. The third kappa shape index (κ3) is 6.89. The van der Waals surface area contributed by atoms with E-state index in [1.54, 1.807) is 4.90 Å². The lowest BCUT2D eigenvalue weighted by molar-refractivity contribution is -0.125. The summed E-state index contributed by atoms with van der Waals surface area (Å²) in [5, 5.41) is 5.14. The first-order chi connectivity index (χ1) is 10.2. The van der Waals surface area contributed by atoms with Crippen LogP contribution in [0.4, 0.5) is 4.79 Å². The van der Waals surface area contributed by atoms with Crippen LogP contribution in [-0.2, 0) is 9.59 Å². The lowest BCUT2D eigenvalue weighted by Gasteiger charge is -2.33. The van der Waals surface area contributed by atoms with E-state index in [0.29, 0.717) is 0 Å². The van der Waals surface area contributed by atoms with Crippen molar-refractivity contribution < 1.29 is 14.4 Å². The molecular weight excluding hydrogens is 284 g/mol. The Kier molecular flexibility index (Phi) is 6.80. The molecule has 1 fully saturated rings. The second-order valence-corrected chi connectivity index (χ2v) is 6.85. The van der Waals surface area contributed by atoms with E-state index in [1.165, 1.54) is 6.42 Å². The van der Waals surface area contributed by atoms with E-state index in [9.17, 15) is 14.4 Å². The van der Waals surface area contributed by atoms with Crippen LogP contribution < -0.4 is 16.4 Å². The van der Waals surface area contributed by atoms with E-state index in [1.807, 2.05) is 20.8 Å². The molecule has 1 aliphatic carbocycles. The fraction of sp³-hybridized carbons (Fsp3) is 0.800. The average Bonchev–Trinajstić information content (AvgIpc) is 2.37. The minimum absolute atomic E-state index is 0.0266. The van der Waals surface area contributed by atoms with Crippen LogP contribution in [0.5, 0.6) is 0 Å². The van der Waals surface area contributed by atoms with Crippen molar-refractivity contribution in [3.05, 3.63) is 0 Å². The van der Waals surface area contributed by atoms with Gasteiger partial charge < -0.3 is 11.1 Å². The van der Waals surface area contributed by atoms with E-state index < -0.39 is 23.4 Å². The summed E-state index contributed by atoms with van der Waals surface area (Å²) in [5.74, 6) is -0.945. The SMILES string of the molecule is CC(C)(C)N(CC(N)=O)CC(=O)NC(=O)NC1CCCCC1. The van der Waals surface area contributed by atoms with Gasteiger partial charge in [-0.2, -0.15) is 0 Å². The first-order valence-electron chi connectivity index (χ1n) is 7.82. The third-order valence-electron chi connectivity index (χ3n) is 3.82. The lowest BCUT2D eigenvalue weighted by Crippen LogP contribution is -2.53. The summed E-state index contributed by atoms with van der Waals surface area (Å²) in [6, 6.07) is -0.323. The highest BCUT2D eigenvalue weighted by atomic mass is 16.2. The number of hydrogen-bond donors (Lipinski definition) is 3. The number of nitrogens with zero attached hydrogens (tertiary/aromatic N) is 1. The highest BCUT2D eigenvalue weighted by molar-refractivity contribution is 5.95. The van der Waals surface area contributed by atoms with Gasteiger partial charge in [-0.25, -0.2) is 4.79 Å². The van der Waals surface area contributed by atoms with Gasteiger partial charge in [0, 0.05) is 11.6 Å². The summed E-state index contributed by atoms with van der Waals surface area (Å²) in [7, 11) is 0. The first-order valence-corrected chi connectivity index (χ1v) is 7.82. The van der Waals surface area contributed by atoms with Crippen LogP contribution in [0.15, 0.2) is 0 Å². The molecule has 1 aliphatic rings. The van der Waals surface area contributed by atoms with Crippen LogP contribution in [0.1, 0.15) is 52.9 Å². The number of nitrogens with one attached hydrogen (secondary N) is 2. The van der Waals surface area contributed by atoms with Gasteiger partial charge in [0.2, 0.25) is 11.8 Å². The van der Waals surface area contributed by atoms with Gasteiger partial charge >= 0.3 is 6.03 Å². The van der Waals surface area contributed by atoms with Crippen molar-refractivity contribution >= 4 is 17.8 Å². The Labute approximate surface area is 132 Å². The third-order valence-corrected chi connectivity index (χ3v) is 3.82. The van der Waals surface area contributed by atoms with E-state index in [0.717, 1.165) is 25.7 Å². The number of amides is 4. The molecule has 4 N–H and O–H groups in total. The van der Waals surface area contributed by atoms with Crippen molar-refractivity contribution in [2.75, 3.05) is 13.1 Å². The molecule has 0 aliphatic heterocycles. The molecule has 22 heavy (non-hydrogen) atoms. The second-order valence-electron chi connectivity index (χ2n) is 6.85. The largest absolute Gasteiger partial charge is 0.369 e. The first kappa shape index (κ1) is 18.4. The Morgan fingerprint density at radius 2 is 1.68 bits per heavy atom. The van der Waals surface area contributed by atoms with Gasteiger partial charge in [-0.05, 0) is 33.6 Å². The zero-order valence-electron chi connectivity index (χ0n) is 13.8. The molecule has 0 heterocycles. The number of carbonyl (C=O) groups excluding carboxylic acids is 3. The molecule has 4 amide bonds. The highest BCUT2D eigenvalue weighted by Crippen LogP contribution is 2.17. The van der Waals surface area contributed by atoms with Gasteiger partial charge in [0.1, 0.15) is 0 Å². The Hall–Kier alpha value is -1.63. The van der Waals surface area contributed by atoms with Crippen molar-refractivity contribution in [1.82, 2.24) is 15.5 Å². The Bertz CT molecular complexity index is 412. The standard InChI is InChI=1S/C15H28N4O3/c1-15(2,3)19(9-12(16)20)10-13(21)18-14(22)17-11-7-5-4-6-8-11/h11H,4-10H2,1-3H3,(H2,16,20)(H2,17,18,21,22). The van der Waals surface area contributed by atoms with Crippen LogP contribution in [0.2, 0.25) is 0 Å². The van der Waals surface area contributed by atoms with Crippen LogP contribution in [0.3, 0.4) is 0 Å². The van der Waals surface area contributed by atoms with Crippen molar-refractivity contribution in [2.24, 2.45) is 5.73 Å². The molecule has 0 atom stereocenters. The Morgan fingerprint density at radius 3 is 2.18 bits per heavy atom. The van der Waals surface area contributed by atoms with Gasteiger partial charge in [-0.3, -0.25) is 19.8 Å². The lowest BCUT2D eigenvalue weighted by atomic mass is 9.96. The minimum atomic E-state index is -0.505. The quantitative estimate of drug-likeness (QED) is 0.696. The van der Waals surface area contributed by atoms with Gasteiger partial charge in [0.25, 0.3) is 0 Å². The number of hydrogen-bond acceptors (Lipinski definition) is 4. The average molecular weight is 312 g/mol. The maximum Gasteiger partial charge on any atom is 0.321 e. The van der Waals surface area contributed by atoms with Crippen LogP contribution in [-0.4, -0.2) is 47.4 Å². The summed E-state index contributed by atoms with van der Waals surface area (Å²) in [6.07, 6.45) is 5.33. The topological polar surface area (TPSA) is 105 Å². The smallest absolute Gasteiger partial charge is 0.321 e. The highest BCUT2D eigenvalue weighted by Gasteiger charge is 2.26. The van der Waals surface area contributed by atoms with E-state index in [2.05, 4.69) is 10.6 Å². The van der Waals surface area contributed by atoms with E-state index in [4.69, 9.17) is 5.73 Å². The summed E-state index contributed by atoms with van der Waals surface area (Å²) >= 11 is 0. The molecule has 126 valence electrons. The zero-order chi connectivity index (χ0) is 16.8. The van der Waals surface area contributed by atoms with Crippen molar-refractivity contribution in [2.45, 2.75) is 64.5 Å². The zero-order valence-corrected chi connectivity index (χ0v) is 13.8. The molecule has 1 rings (SSSR count). The summed E-state index contributed by atoms with van der Waals surface area (Å²) in [6.45, 7) is 5.56. The van der Waals surface area contributed by atoms with Crippen molar-refractivity contribution in [3.8, 4) is 0 Å². The van der Waals surface area contributed by atoms with Gasteiger partial charge in [0.15, 0.2) is 0 Å². The number of urea groups is 1. The summed E-state index contributed by atoms with van der Waals surface area (Å²) in [4.78, 5) is 36.5. The van der Waals surface area contributed by atoms with Gasteiger partial charge in [-0.1, -0.05) is 19.3 Å². The van der Waals surface area contributed by atoms with E-state index in [-0.39, 0.29) is 19.1 Å². The Morgan fingerprint density at radius 1 is 1.09 bits per heavy atom. The number of primary amides is 1. The maximum atomic E-state index is 12.0. The molecule has 0 bridgehead atoms. The van der Waals surface area contributed by atoms with Crippen LogP contribution in [0, 0.1) is 0 Å². The van der Waals surface area contributed by atoms with Crippen molar-refractivity contribution in [1.29, 1.82) is 0 Å². The maximum absolute atomic E-state index is 12.0. The monoisotopic (exact) mass is 312 g/mol. The van der Waals surface area contributed by atoms with Crippen LogP contribution in [0.25, 0.3) is 0 Å². The molecule has 0 aromatic carbocycles. The van der Waals surface area contributed by atoms with Gasteiger partial charge in [0.05, 0.1) is 13.1 Å². The molecule has 7 nitrogen and oxygen atoms in total. The van der Waals surface area contributed by atoms with E-state index >= 15 is 0 Å². The fourth-order valence-corrected chi connectivity index (χ4v) is 2.53. The Balaban J connectivity index is 2.45. The molecule has 0 saturated heterocycles. The van der Waals surface area contributed by atoms with Gasteiger partial charge in [-0.15, -0.1) is 0 Å². The number of nitrogens with two attached hydrogens (primary N) is 1. The predicted octanol–water partition coefficient (Wildman–Crippen LogP) is 0.731. The molecule has 1 saturated carbocycles. The van der Waals surface area contributed by atoms with Crippen molar-refractivity contribution in [3.63, 3.8) is 0 Å². The molecule has 0 spiro atoms. The molecule has 0 unspecified atom stereocenters. The minimum Gasteiger partial charge on any atom is -0.369 e. The number of imide groups is 1. The summed E-state index contributed by atoms with van der Waals surface area (Å²) in [5.41, 5.74) is 4.80.